The Kier molecular flexibility index (Phi) is 4.70. The molecule has 25 heavy (non-hydrogen) atoms. The molecule has 0 fully saturated rings. The Morgan fingerprint density at radius 3 is 2.92 bits per heavy atom. The van der Waals surface area contributed by atoms with E-state index in [1.807, 2.05) is 24.3 Å². The van der Waals surface area contributed by atoms with Crippen LogP contribution in [0.4, 0.5) is 0 Å². The van der Waals surface area contributed by atoms with E-state index in [2.05, 4.69) is 40.4 Å². The Hall–Kier alpha value is -2.33. The largest absolute Gasteiger partial charge is 0.351 e. The summed E-state index contributed by atoms with van der Waals surface area (Å²) in [5.74, 6) is 0.0316. The smallest absolute Gasteiger partial charge is 0.261 e. The van der Waals surface area contributed by atoms with E-state index in [9.17, 15) is 4.79 Å². The van der Waals surface area contributed by atoms with Crippen LogP contribution in [0.25, 0.3) is 15.9 Å². The minimum absolute atomic E-state index is 0.0316. The van der Waals surface area contributed by atoms with Crippen LogP contribution in [0.2, 0.25) is 0 Å². The Balaban J connectivity index is 1.42. The zero-order chi connectivity index (χ0) is 17.1. The van der Waals surface area contributed by atoms with Gasteiger partial charge in [-0.25, -0.2) is 0 Å². The number of nitrogens with zero attached hydrogens (tertiary/aromatic N) is 1. The highest BCUT2D eigenvalue weighted by Crippen LogP contribution is 2.26. The summed E-state index contributed by atoms with van der Waals surface area (Å²) in [6.45, 7) is 0.727. The first kappa shape index (κ1) is 16.2. The number of hydrogen-bond donors (Lipinski definition) is 1. The molecule has 1 N–H and O–H groups in total. The topological polar surface area (TPSA) is 34.0 Å². The SMILES string of the molecule is O=C(NCCC1=CCCCC1)c1ccc(-n2ccc3ccccc32)s1. The quantitative estimate of drug-likeness (QED) is 0.622. The minimum Gasteiger partial charge on any atom is -0.351 e. The highest BCUT2D eigenvalue weighted by molar-refractivity contribution is 7.16. The van der Waals surface area contributed by atoms with Gasteiger partial charge in [0.2, 0.25) is 0 Å². The fraction of sp³-hybridized carbons (Fsp3) is 0.286. The van der Waals surface area contributed by atoms with Crippen LogP contribution in [-0.4, -0.2) is 17.0 Å². The minimum atomic E-state index is 0.0316. The van der Waals surface area contributed by atoms with E-state index in [-0.39, 0.29) is 5.91 Å². The number of benzene rings is 1. The van der Waals surface area contributed by atoms with Crippen LogP contribution in [0.1, 0.15) is 41.8 Å². The van der Waals surface area contributed by atoms with Crippen LogP contribution in [0.3, 0.4) is 0 Å². The molecule has 1 aliphatic rings. The summed E-state index contributed by atoms with van der Waals surface area (Å²) in [4.78, 5) is 13.2. The zero-order valence-electron chi connectivity index (χ0n) is 14.2. The number of carbonyl (C=O) groups excluding carboxylic acids is 1. The van der Waals surface area contributed by atoms with Gasteiger partial charge in [0.1, 0.15) is 5.00 Å². The van der Waals surface area contributed by atoms with E-state index >= 15 is 0 Å². The van der Waals surface area contributed by atoms with E-state index in [4.69, 9.17) is 0 Å². The van der Waals surface area contributed by atoms with Crippen molar-refractivity contribution in [2.45, 2.75) is 32.1 Å². The Bertz CT molecular complexity index is 919. The number of hydrogen-bond acceptors (Lipinski definition) is 2. The molecule has 0 unspecified atom stereocenters. The maximum Gasteiger partial charge on any atom is 0.261 e. The van der Waals surface area contributed by atoms with Gasteiger partial charge in [0.15, 0.2) is 0 Å². The average Bonchev–Trinajstić information content (AvgIpc) is 3.29. The lowest BCUT2D eigenvalue weighted by Gasteiger charge is -2.12. The highest BCUT2D eigenvalue weighted by Gasteiger charge is 2.12. The summed E-state index contributed by atoms with van der Waals surface area (Å²) in [6, 6.07) is 14.3. The maximum absolute atomic E-state index is 12.4. The predicted molar refractivity (Wildman–Crippen MR) is 105 cm³/mol. The molecular weight excluding hydrogens is 328 g/mol. The molecule has 0 radical (unpaired) electrons. The number of rotatable bonds is 5. The van der Waals surface area contributed by atoms with Crippen molar-refractivity contribution in [3.05, 3.63) is 65.2 Å². The molecule has 1 aliphatic carbocycles. The van der Waals surface area contributed by atoms with E-state index in [0.29, 0.717) is 0 Å². The van der Waals surface area contributed by atoms with Gasteiger partial charge in [0.05, 0.1) is 10.4 Å². The van der Waals surface area contributed by atoms with Gasteiger partial charge in [-0.05, 0) is 61.8 Å². The normalized spacial score (nSPS) is 14.5. The Morgan fingerprint density at radius 1 is 1.12 bits per heavy atom. The molecule has 1 aromatic carbocycles. The second kappa shape index (κ2) is 7.28. The molecule has 128 valence electrons. The third-order valence-electron chi connectivity index (χ3n) is 4.77. The molecule has 4 rings (SSSR count). The molecule has 1 amide bonds. The molecule has 0 spiro atoms. The summed E-state index contributed by atoms with van der Waals surface area (Å²) in [5, 5.41) is 5.34. The third-order valence-corrected chi connectivity index (χ3v) is 5.85. The maximum atomic E-state index is 12.4. The van der Waals surface area contributed by atoms with Gasteiger partial charge in [0.25, 0.3) is 5.91 Å². The Labute approximate surface area is 152 Å². The van der Waals surface area contributed by atoms with E-state index in [0.717, 1.165) is 22.8 Å². The molecule has 0 saturated carbocycles. The van der Waals surface area contributed by atoms with E-state index < -0.39 is 0 Å². The van der Waals surface area contributed by atoms with Crippen molar-refractivity contribution in [2.24, 2.45) is 0 Å². The second-order valence-corrected chi connectivity index (χ2v) is 7.56. The van der Waals surface area contributed by atoms with Crippen molar-refractivity contribution in [3.8, 4) is 5.00 Å². The van der Waals surface area contributed by atoms with E-state index in [1.54, 1.807) is 0 Å². The molecule has 3 nitrogen and oxygen atoms in total. The van der Waals surface area contributed by atoms with Crippen LogP contribution >= 0.6 is 11.3 Å². The van der Waals surface area contributed by atoms with Crippen LogP contribution in [0.5, 0.6) is 0 Å². The number of para-hydroxylation sites is 1. The molecule has 0 bridgehead atoms. The first-order chi connectivity index (χ1) is 12.3. The lowest BCUT2D eigenvalue weighted by molar-refractivity contribution is 0.0958. The fourth-order valence-corrected chi connectivity index (χ4v) is 4.33. The molecule has 0 aliphatic heterocycles. The van der Waals surface area contributed by atoms with Gasteiger partial charge < -0.3 is 9.88 Å². The zero-order valence-corrected chi connectivity index (χ0v) is 15.0. The average molecular weight is 350 g/mol. The van der Waals surface area contributed by atoms with Crippen LogP contribution in [-0.2, 0) is 0 Å². The first-order valence-corrected chi connectivity index (χ1v) is 9.75. The van der Waals surface area contributed by atoms with Crippen molar-refractivity contribution in [2.75, 3.05) is 6.54 Å². The summed E-state index contributed by atoms with van der Waals surface area (Å²) in [6.07, 6.45) is 10.4. The van der Waals surface area contributed by atoms with Crippen molar-refractivity contribution in [1.29, 1.82) is 0 Å². The number of carbonyl (C=O) groups is 1. The van der Waals surface area contributed by atoms with Crippen molar-refractivity contribution >= 4 is 28.1 Å². The number of fused-ring (bicyclic) bond motifs is 1. The predicted octanol–water partition coefficient (Wildman–Crippen LogP) is 5.31. The molecular formula is C21H22N2OS. The van der Waals surface area contributed by atoms with Gasteiger partial charge in [0, 0.05) is 12.7 Å². The van der Waals surface area contributed by atoms with Crippen molar-refractivity contribution in [3.63, 3.8) is 0 Å². The highest BCUT2D eigenvalue weighted by atomic mass is 32.1. The van der Waals surface area contributed by atoms with E-state index in [1.165, 1.54) is 53.5 Å². The molecule has 2 heterocycles. The molecule has 0 atom stereocenters. The van der Waals surface area contributed by atoms with Gasteiger partial charge in [-0.15, -0.1) is 11.3 Å². The lowest BCUT2D eigenvalue weighted by atomic mass is 9.97. The van der Waals surface area contributed by atoms with Crippen molar-refractivity contribution in [1.82, 2.24) is 9.88 Å². The number of thiophene rings is 1. The number of nitrogens with one attached hydrogen (secondary N) is 1. The van der Waals surface area contributed by atoms with Crippen molar-refractivity contribution < 1.29 is 4.79 Å². The fourth-order valence-electron chi connectivity index (χ4n) is 3.41. The number of aromatic nitrogens is 1. The molecule has 3 aromatic rings. The Morgan fingerprint density at radius 2 is 2.04 bits per heavy atom. The van der Waals surface area contributed by atoms with Crippen LogP contribution in [0, 0.1) is 0 Å². The summed E-state index contributed by atoms with van der Waals surface area (Å²) in [5.41, 5.74) is 2.66. The second-order valence-electron chi connectivity index (χ2n) is 6.50. The van der Waals surface area contributed by atoms with Gasteiger partial charge in [-0.1, -0.05) is 29.8 Å². The monoisotopic (exact) mass is 350 g/mol. The number of allylic oxidation sites excluding steroid dienone is 1. The van der Waals surface area contributed by atoms with Crippen LogP contribution in [0.15, 0.2) is 60.3 Å². The molecule has 0 saturated heterocycles. The summed E-state index contributed by atoms with van der Waals surface area (Å²) in [7, 11) is 0. The van der Waals surface area contributed by atoms with Gasteiger partial charge in [-0.2, -0.15) is 0 Å². The number of amides is 1. The lowest BCUT2D eigenvalue weighted by Crippen LogP contribution is -2.24. The standard InChI is InChI=1S/C21H22N2OS/c24-21(22-14-12-16-6-2-1-3-7-16)19-10-11-20(25-19)23-15-13-17-8-4-5-9-18(17)23/h4-6,8-11,13,15H,1-3,7,12,14H2,(H,22,24). The van der Waals surface area contributed by atoms with Crippen LogP contribution < -0.4 is 5.32 Å². The summed E-state index contributed by atoms with van der Waals surface area (Å²) < 4.78 is 2.14. The molecule has 4 heteroatoms. The van der Waals surface area contributed by atoms with Gasteiger partial charge >= 0.3 is 0 Å². The first-order valence-electron chi connectivity index (χ1n) is 8.94. The third kappa shape index (κ3) is 3.54. The summed E-state index contributed by atoms with van der Waals surface area (Å²) >= 11 is 1.54. The van der Waals surface area contributed by atoms with Gasteiger partial charge in [-0.3, -0.25) is 4.79 Å². The molecule has 2 aromatic heterocycles.